The summed E-state index contributed by atoms with van der Waals surface area (Å²) < 4.78 is 6.24. The summed E-state index contributed by atoms with van der Waals surface area (Å²) in [5.41, 5.74) is 6.75. The van der Waals surface area contributed by atoms with Gasteiger partial charge >= 0.3 is 7.12 Å². The van der Waals surface area contributed by atoms with Crippen LogP contribution in [0.25, 0.3) is 11.6 Å². The van der Waals surface area contributed by atoms with E-state index in [0.717, 1.165) is 43.9 Å². The van der Waals surface area contributed by atoms with Crippen LogP contribution in [0, 0.1) is 47.6 Å². The Balaban J connectivity index is 1.34. The first-order valence-corrected chi connectivity index (χ1v) is 16.2. The third kappa shape index (κ3) is 6.15. The van der Waals surface area contributed by atoms with Gasteiger partial charge in [-0.05, 0) is 103 Å². The lowest BCUT2D eigenvalue weighted by molar-refractivity contribution is -0.384. The summed E-state index contributed by atoms with van der Waals surface area (Å²) >= 11 is 0. The van der Waals surface area contributed by atoms with Crippen LogP contribution in [0.2, 0.25) is 6.32 Å². The largest absolute Gasteiger partial charge is 0.507 e. The van der Waals surface area contributed by atoms with Gasteiger partial charge < -0.3 is 14.8 Å². The van der Waals surface area contributed by atoms with Crippen molar-refractivity contribution in [3.63, 3.8) is 0 Å². The van der Waals surface area contributed by atoms with Gasteiger partial charge in [0.05, 0.1) is 28.6 Å². The Kier molecular flexibility index (Phi) is 8.92. The molecule has 9 nitrogen and oxygen atoms in total. The Morgan fingerprint density at radius 3 is 2.40 bits per heavy atom. The Bertz CT molecular complexity index is 1780. The fourth-order valence-corrected chi connectivity index (χ4v) is 7.76. The quantitative estimate of drug-likeness (QED) is 0.0689. The third-order valence-corrected chi connectivity index (χ3v) is 9.91. The van der Waals surface area contributed by atoms with Crippen molar-refractivity contribution < 1.29 is 29.3 Å². The average molecular weight is 635 g/mol. The lowest BCUT2D eigenvalue weighted by Crippen LogP contribution is -2.46. The number of fused-ring (bicyclic) bond motifs is 3. The minimum Gasteiger partial charge on any atom is -0.507 e. The van der Waals surface area contributed by atoms with Crippen LogP contribution in [0.4, 0.5) is 11.4 Å². The van der Waals surface area contributed by atoms with E-state index in [4.69, 9.17) is 4.65 Å². The van der Waals surface area contributed by atoms with Gasteiger partial charge in [0, 0.05) is 12.1 Å². The van der Waals surface area contributed by atoms with Crippen molar-refractivity contribution in [2.24, 2.45) is 23.7 Å². The molecule has 3 aliphatic rings. The van der Waals surface area contributed by atoms with Gasteiger partial charge in [0.2, 0.25) is 11.8 Å². The number of amides is 2. The van der Waals surface area contributed by atoms with Crippen molar-refractivity contribution >= 4 is 42.0 Å². The van der Waals surface area contributed by atoms with E-state index < -0.39 is 35.9 Å². The first-order chi connectivity index (χ1) is 22.4. The molecule has 0 bridgehead atoms. The van der Waals surface area contributed by atoms with Crippen molar-refractivity contribution in [1.29, 1.82) is 0 Å². The number of non-ortho nitro benzene ring substituents is 1. The van der Waals surface area contributed by atoms with Gasteiger partial charge in [-0.1, -0.05) is 61.9 Å². The number of carbonyl (C=O) groups is 2. The molecule has 0 spiro atoms. The lowest BCUT2D eigenvalue weighted by atomic mass is 9.57. The molecule has 2 saturated heterocycles. The molecule has 10 heteroatoms. The van der Waals surface area contributed by atoms with E-state index in [1.165, 1.54) is 18.2 Å². The molecule has 0 unspecified atom stereocenters. The van der Waals surface area contributed by atoms with Crippen LogP contribution in [0.1, 0.15) is 55.4 Å². The molecule has 0 aromatic heterocycles. The van der Waals surface area contributed by atoms with Crippen LogP contribution in [0.5, 0.6) is 5.75 Å². The van der Waals surface area contributed by atoms with Gasteiger partial charge in [-0.25, -0.2) is 4.90 Å². The number of aryl methyl sites for hydroxylation is 2. The highest BCUT2D eigenvalue weighted by Crippen LogP contribution is 2.53. The van der Waals surface area contributed by atoms with E-state index in [9.17, 15) is 29.8 Å². The van der Waals surface area contributed by atoms with Crippen LogP contribution >= 0.6 is 0 Å². The Morgan fingerprint density at radius 2 is 1.74 bits per heavy atom. The van der Waals surface area contributed by atoms with Gasteiger partial charge in [0.1, 0.15) is 5.75 Å². The Labute approximate surface area is 274 Å². The first-order valence-electron chi connectivity index (χ1n) is 16.2. The van der Waals surface area contributed by atoms with E-state index in [1.807, 2.05) is 44.2 Å². The molecule has 3 aromatic rings. The van der Waals surface area contributed by atoms with Gasteiger partial charge in [0.15, 0.2) is 0 Å². The van der Waals surface area contributed by atoms with E-state index in [2.05, 4.69) is 32.1 Å². The summed E-state index contributed by atoms with van der Waals surface area (Å²) in [5.74, 6) is -2.08. The van der Waals surface area contributed by atoms with Gasteiger partial charge in [0.25, 0.3) is 5.69 Å². The highest BCUT2D eigenvalue weighted by molar-refractivity contribution is 6.43. The summed E-state index contributed by atoms with van der Waals surface area (Å²) in [5, 5.41) is 32.8. The molecule has 2 fully saturated rings. The molecule has 242 valence electrons. The average Bonchev–Trinajstić information content (AvgIpc) is 3.30. The number of anilines is 1. The highest BCUT2D eigenvalue weighted by atomic mass is 16.6. The van der Waals surface area contributed by atoms with E-state index in [-0.39, 0.29) is 41.2 Å². The number of phenols is 1. The fraction of sp³-hybridized carbons (Fsp3) is 0.351. The first kappa shape index (κ1) is 32.4. The topological polar surface area (TPSA) is 130 Å². The molecule has 0 saturated carbocycles. The smallest absolute Gasteiger partial charge is 0.455 e. The number of allylic oxidation sites excluding steroid dienone is 2. The molecule has 3 aromatic carbocycles. The summed E-state index contributed by atoms with van der Waals surface area (Å²) in [6.45, 7) is 7.91. The summed E-state index contributed by atoms with van der Waals surface area (Å²) in [6, 6.07) is 19.6. The molecule has 2 amide bonds. The summed E-state index contributed by atoms with van der Waals surface area (Å²) in [4.78, 5) is 39.9. The van der Waals surface area contributed by atoms with Crippen LogP contribution in [-0.4, -0.2) is 40.1 Å². The molecule has 4 atom stereocenters. The number of phenolic OH excluding ortho intramolecular Hbond substituents is 1. The fourth-order valence-electron chi connectivity index (χ4n) is 7.76. The van der Waals surface area contributed by atoms with Crippen molar-refractivity contribution in [3.8, 4) is 5.75 Å². The maximum atomic E-state index is 14.1. The highest BCUT2D eigenvalue weighted by Gasteiger charge is 2.58. The number of nitro groups is 1. The second-order valence-corrected chi connectivity index (χ2v) is 13.3. The van der Waals surface area contributed by atoms with Crippen LogP contribution in [-0.2, 0) is 14.2 Å². The van der Waals surface area contributed by atoms with Gasteiger partial charge in [-0.2, -0.15) is 0 Å². The normalized spacial score (nSPS) is 23.0. The predicted molar refractivity (Wildman–Crippen MR) is 181 cm³/mol. The number of rotatable bonds is 8. The van der Waals surface area contributed by atoms with Crippen LogP contribution in [0.3, 0.4) is 0 Å². The molecule has 2 heterocycles. The predicted octanol–water partition coefficient (Wildman–Crippen LogP) is 6.90. The number of nitrogens with zero attached hydrogens (tertiary/aromatic N) is 2. The molecule has 47 heavy (non-hydrogen) atoms. The maximum Gasteiger partial charge on any atom is 0.455 e. The van der Waals surface area contributed by atoms with Crippen molar-refractivity contribution in [3.05, 3.63) is 110 Å². The number of nitro benzene ring substituents is 1. The molecule has 1 aliphatic carbocycles. The van der Waals surface area contributed by atoms with E-state index >= 15 is 0 Å². The zero-order valence-corrected chi connectivity index (χ0v) is 27.1. The maximum absolute atomic E-state index is 14.1. The number of hydrogen-bond donors (Lipinski definition) is 2. The van der Waals surface area contributed by atoms with Crippen LogP contribution < -0.4 is 4.90 Å². The number of carbonyl (C=O) groups excluding carboxylic acids is 2. The zero-order valence-electron chi connectivity index (χ0n) is 27.1. The second kappa shape index (κ2) is 12.9. The summed E-state index contributed by atoms with van der Waals surface area (Å²) in [6.07, 6.45) is 3.40. The third-order valence-electron chi connectivity index (χ3n) is 9.91. The van der Waals surface area contributed by atoms with Crippen molar-refractivity contribution in [2.75, 3.05) is 4.90 Å². The second-order valence-electron chi connectivity index (χ2n) is 13.3. The minimum atomic E-state index is -1.11. The molecular formula is C37H39BN2O7. The number of benzene rings is 3. The monoisotopic (exact) mass is 634 g/mol. The lowest BCUT2D eigenvalue weighted by Gasteiger charge is -2.44. The van der Waals surface area contributed by atoms with E-state index in [0.29, 0.717) is 19.3 Å². The van der Waals surface area contributed by atoms with Gasteiger partial charge in [-0.15, -0.1) is 0 Å². The van der Waals surface area contributed by atoms with Crippen LogP contribution in [0.15, 0.2) is 77.9 Å². The molecule has 2 N–H and O–H groups in total. The minimum absolute atomic E-state index is 0.0802. The number of imide groups is 1. The standard InChI is InChI=1S/C37H39BN2O7/c1-21(2)29-19-30-34(37(43)39(36(30)42)27-11-8-12-28(18-27)40(45)46)31-20-38(44)47-32(33(29)31)14-13-26(25-9-6-5-7-10-25)17-24-15-22(3)35(41)23(4)16-24/h5-12,15-18,21,30-32,34,41,44H,13-14,19-20H2,1-4H3/b26-17-/t30-,31+,32-,34-/m1/s1. The zero-order chi connectivity index (χ0) is 33.6. The SMILES string of the molecule is Cc1cc(/C=C(/CC[C@H]2OB(O)C[C@H]3C2=C(C(C)C)C[C@H]2C(=O)N(c4cccc([N+](=O)[O-])c4)C(=O)[C@H]23)c2ccccc2)cc(C)c1O. The number of hydrogen-bond acceptors (Lipinski definition) is 7. The molecule has 6 rings (SSSR count). The van der Waals surface area contributed by atoms with Crippen molar-refractivity contribution in [1.82, 2.24) is 0 Å². The van der Waals surface area contributed by atoms with Crippen molar-refractivity contribution in [2.45, 2.75) is 59.4 Å². The molecule has 0 radical (unpaired) electrons. The number of aromatic hydroxyl groups is 1. The summed E-state index contributed by atoms with van der Waals surface area (Å²) in [7, 11) is -1.11. The Morgan fingerprint density at radius 1 is 1.04 bits per heavy atom. The Hall–Kier alpha value is -4.54. The molecule has 2 aliphatic heterocycles. The van der Waals surface area contributed by atoms with Gasteiger partial charge in [-0.3, -0.25) is 19.7 Å². The van der Waals surface area contributed by atoms with E-state index in [1.54, 1.807) is 6.07 Å². The molecular weight excluding hydrogens is 595 g/mol.